The van der Waals surface area contributed by atoms with E-state index in [0.717, 1.165) is 19.3 Å². The molecule has 2 heterocycles. The van der Waals surface area contributed by atoms with Gasteiger partial charge in [-0.2, -0.15) is 0 Å². The van der Waals surface area contributed by atoms with Crippen LogP contribution in [0.4, 0.5) is 11.4 Å². The Morgan fingerprint density at radius 1 is 0.526 bits per heavy atom. The second kappa shape index (κ2) is 21.2. The third-order valence-corrected chi connectivity index (χ3v) is 17.2. The standard InChI is InChI=1S/C36H35N.C21H22.C17H19N/c1-25-28-23-22-27-16-9-10-17-29(27)34(28)36(4,24-26-14-7-6-8-15-26)30(25)19-13-21-33-35(2,3)31-18-11-12-20-32(31)37(33)5;1-3-18-13-14-19-11-7-8-12-20(19)21(18)16(2)15-17-9-5-4-6-10-17;1-5-15-17(2,3)14-11-10-12-8-6-7-9-13(12)16(14)18(15)4/h6-23H,24H2,1-5H3;4-14,16H,3,15H2,1-2H3;5-11H,1-4H3/b19-13+,33-21+;;15-5+. The van der Waals surface area contributed by atoms with Crippen LogP contribution in [-0.2, 0) is 35.5 Å². The van der Waals surface area contributed by atoms with Crippen LogP contribution in [0.2, 0.25) is 0 Å². The summed E-state index contributed by atoms with van der Waals surface area (Å²) < 4.78 is 0. The molecule has 382 valence electrons. The summed E-state index contributed by atoms with van der Waals surface area (Å²) in [7, 11) is 4.37. The van der Waals surface area contributed by atoms with E-state index < -0.39 is 0 Å². The highest BCUT2D eigenvalue weighted by molar-refractivity contribution is 6.00. The monoisotopic (exact) mass is 993 g/mol. The molecule has 0 fully saturated rings. The minimum absolute atomic E-state index is 0.0265. The summed E-state index contributed by atoms with van der Waals surface area (Å²) in [6.45, 7) is 20.7. The Kier molecular flexibility index (Phi) is 14.4. The highest BCUT2D eigenvalue weighted by Gasteiger charge is 2.42. The van der Waals surface area contributed by atoms with Gasteiger partial charge in [-0.05, 0) is 134 Å². The van der Waals surface area contributed by atoms with E-state index in [-0.39, 0.29) is 16.2 Å². The number of para-hydroxylation sites is 1. The number of nitrogens with zero attached hydrogens (tertiary/aromatic N) is 2. The molecule has 0 bridgehead atoms. The molecule has 0 amide bonds. The SMILES string of the molecule is C/C=C1/N(C)c2c(ccc3ccccc23)C1(C)C.CC1=C(/C=C/C=C2/N(C)c3ccccc3C2(C)C)C(C)(Cc2ccccc2)c2c1ccc1ccccc21.CCc1ccc2ccccc2c1C(C)Cc1ccccc1. The van der Waals surface area contributed by atoms with Crippen molar-refractivity contribution in [3.8, 4) is 0 Å². The zero-order valence-electron chi connectivity index (χ0n) is 46.9. The van der Waals surface area contributed by atoms with Gasteiger partial charge in [-0.1, -0.05) is 255 Å². The van der Waals surface area contributed by atoms with E-state index in [1.165, 1.54) is 111 Å². The number of likely N-dealkylation sites (N-methyl/N-ethyl adjacent to an activating group) is 2. The molecule has 0 spiro atoms. The van der Waals surface area contributed by atoms with Crippen LogP contribution in [0.3, 0.4) is 0 Å². The predicted octanol–water partition coefficient (Wildman–Crippen LogP) is 19.2. The van der Waals surface area contributed by atoms with E-state index >= 15 is 0 Å². The van der Waals surface area contributed by atoms with Gasteiger partial charge in [0.2, 0.25) is 0 Å². The van der Waals surface area contributed by atoms with Crippen molar-refractivity contribution in [2.45, 2.75) is 104 Å². The third kappa shape index (κ3) is 9.31. The number of rotatable bonds is 8. The van der Waals surface area contributed by atoms with Crippen molar-refractivity contribution in [1.29, 1.82) is 0 Å². The van der Waals surface area contributed by atoms with Crippen molar-refractivity contribution in [3.63, 3.8) is 0 Å². The van der Waals surface area contributed by atoms with Crippen LogP contribution in [0.1, 0.15) is 113 Å². The Balaban J connectivity index is 0.000000142. The van der Waals surface area contributed by atoms with Gasteiger partial charge in [-0.15, -0.1) is 0 Å². The van der Waals surface area contributed by atoms with Gasteiger partial charge in [-0.3, -0.25) is 0 Å². The smallest absolute Gasteiger partial charge is 0.0527 e. The molecule has 2 heteroatoms. The first kappa shape index (κ1) is 51.8. The summed E-state index contributed by atoms with van der Waals surface area (Å²) in [5.74, 6) is 0.536. The van der Waals surface area contributed by atoms with Gasteiger partial charge < -0.3 is 9.80 Å². The molecular formula is C74H76N2. The van der Waals surface area contributed by atoms with Crippen LogP contribution in [-0.4, -0.2) is 14.1 Å². The molecular weight excluding hydrogens is 917 g/mol. The van der Waals surface area contributed by atoms with Crippen LogP contribution in [0, 0.1) is 0 Å². The lowest BCUT2D eigenvalue weighted by molar-refractivity contribution is 0.582. The minimum atomic E-state index is -0.114. The summed E-state index contributed by atoms with van der Waals surface area (Å²) in [6, 6.07) is 70.5. The van der Waals surface area contributed by atoms with Gasteiger partial charge in [0.15, 0.2) is 0 Å². The minimum Gasteiger partial charge on any atom is -0.347 e. The van der Waals surface area contributed by atoms with E-state index in [9.17, 15) is 0 Å². The van der Waals surface area contributed by atoms with Gasteiger partial charge in [0.25, 0.3) is 0 Å². The first-order valence-corrected chi connectivity index (χ1v) is 27.7. The lowest BCUT2D eigenvalue weighted by Gasteiger charge is -2.30. The predicted molar refractivity (Wildman–Crippen MR) is 330 cm³/mol. The Labute approximate surface area is 454 Å². The van der Waals surface area contributed by atoms with Gasteiger partial charge in [0, 0.05) is 52.8 Å². The molecule has 9 aromatic rings. The zero-order chi connectivity index (χ0) is 53.4. The summed E-state index contributed by atoms with van der Waals surface area (Å²) in [5.41, 5.74) is 19.6. The summed E-state index contributed by atoms with van der Waals surface area (Å²) in [5, 5.41) is 8.11. The van der Waals surface area contributed by atoms with E-state index in [2.05, 4.69) is 305 Å². The number of anilines is 2. The van der Waals surface area contributed by atoms with Crippen molar-refractivity contribution in [2.24, 2.45) is 0 Å². The molecule has 12 rings (SSSR count). The molecule has 3 aliphatic rings. The lowest BCUT2D eigenvalue weighted by Crippen LogP contribution is -2.25. The van der Waals surface area contributed by atoms with E-state index in [0.29, 0.717) is 5.92 Å². The molecule has 2 aliphatic heterocycles. The topological polar surface area (TPSA) is 6.48 Å². The number of hydrogen-bond donors (Lipinski definition) is 0. The molecule has 2 nitrogen and oxygen atoms in total. The largest absolute Gasteiger partial charge is 0.347 e. The Morgan fingerprint density at radius 3 is 1.72 bits per heavy atom. The average Bonchev–Trinajstić information content (AvgIpc) is 3.99. The van der Waals surface area contributed by atoms with E-state index in [4.69, 9.17) is 0 Å². The number of allylic oxidation sites excluding steroid dienone is 8. The number of benzene rings is 9. The van der Waals surface area contributed by atoms with Crippen molar-refractivity contribution in [2.75, 3.05) is 23.9 Å². The Bertz CT molecular complexity index is 3710. The molecule has 1 aliphatic carbocycles. The summed E-state index contributed by atoms with van der Waals surface area (Å²) in [6.07, 6.45) is 12.4. The maximum atomic E-state index is 2.44. The highest BCUT2D eigenvalue weighted by atomic mass is 15.2. The maximum Gasteiger partial charge on any atom is 0.0527 e. The normalized spacial score (nSPS) is 18.5. The fourth-order valence-corrected chi connectivity index (χ4v) is 13.6. The average molecular weight is 993 g/mol. The summed E-state index contributed by atoms with van der Waals surface area (Å²) >= 11 is 0. The van der Waals surface area contributed by atoms with Gasteiger partial charge in [0.1, 0.15) is 0 Å². The molecule has 2 atom stereocenters. The second-order valence-electron chi connectivity index (χ2n) is 22.7. The maximum absolute atomic E-state index is 2.44. The molecule has 0 N–H and O–H groups in total. The van der Waals surface area contributed by atoms with Crippen LogP contribution in [0.15, 0.2) is 235 Å². The van der Waals surface area contributed by atoms with Gasteiger partial charge in [0.05, 0.1) is 5.69 Å². The van der Waals surface area contributed by atoms with Crippen LogP contribution >= 0.6 is 0 Å². The quantitative estimate of drug-likeness (QED) is 0.150. The van der Waals surface area contributed by atoms with Crippen molar-refractivity contribution >= 4 is 49.3 Å². The zero-order valence-corrected chi connectivity index (χ0v) is 46.9. The molecule has 0 radical (unpaired) electrons. The second-order valence-corrected chi connectivity index (χ2v) is 22.7. The van der Waals surface area contributed by atoms with Crippen molar-refractivity contribution in [3.05, 3.63) is 280 Å². The Hall–Kier alpha value is -7.68. The van der Waals surface area contributed by atoms with E-state index in [1.54, 1.807) is 0 Å². The van der Waals surface area contributed by atoms with E-state index in [1.807, 2.05) is 0 Å². The van der Waals surface area contributed by atoms with Crippen LogP contribution in [0.25, 0.3) is 37.9 Å². The van der Waals surface area contributed by atoms with Gasteiger partial charge >= 0.3 is 0 Å². The lowest BCUT2D eigenvalue weighted by atomic mass is 9.72. The highest BCUT2D eigenvalue weighted by Crippen LogP contribution is 2.53. The fourth-order valence-electron chi connectivity index (χ4n) is 13.6. The number of hydrogen-bond acceptors (Lipinski definition) is 2. The molecule has 0 saturated carbocycles. The fraction of sp³-hybridized carbons (Fsp3) is 0.243. The molecule has 0 aromatic heterocycles. The Morgan fingerprint density at radius 2 is 1.07 bits per heavy atom. The molecule has 76 heavy (non-hydrogen) atoms. The van der Waals surface area contributed by atoms with Crippen molar-refractivity contribution < 1.29 is 0 Å². The van der Waals surface area contributed by atoms with Crippen LogP contribution < -0.4 is 9.80 Å². The molecule has 9 aromatic carbocycles. The van der Waals surface area contributed by atoms with Crippen LogP contribution in [0.5, 0.6) is 0 Å². The first-order chi connectivity index (χ1) is 36.7. The van der Waals surface area contributed by atoms with Crippen molar-refractivity contribution in [1.82, 2.24) is 0 Å². The first-order valence-electron chi connectivity index (χ1n) is 27.7. The number of fused-ring (bicyclic) bond motifs is 8. The third-order valence-electron chi connectivity index (χ3n) is 17.2. The van der Waals surface area contributed by atoms with Gasteiger partial charge in [-0.25, -0.2) is 0 Å². The summed E-state index contributed by atoms with van der Waals surface area (Å²) in [4.78, 5) is 4.69. The molecule has 0 saturated heterocycles. The molecule has 2 unspecified atom stereocenters. The number of aryl methyl sites for hydroxylation is 1.